The van der Waals surface area contributed by atoms with Crippen LogP contribution in [0.25, 0.3) is 11.3 Å². The molecule has 4 rings (SSSR count). The van der Waals surface area contributed by atoms with Crippen LogP contribution in [0.1, 0.15) is 25.7 Å². The molecule has 1 fully saturated rings. The molecule has 9 nitrogen and oxygen atoms in total. The highest BCUT2D eigenvalue weighted by atomic mass is 16.5. The van der Waals surface area contributed by atoms with Crippen molar-refractivity contribution in [3.05, 3.63) is 48.1 Å². The summed E-state index contributed by atoms with van der Waals surface area (Å²) in [4.78, 5) is 49.3. The van der Waals surface area contributed by atoms with Crippen LogP contribution in [0.4, 0.5) is 5.69 Å². The Labute approximate surface area is 192 Å². The van der Waals surface area contributed by atoms with Gasteiger partial charge < -0.3 is 19.9 Å². The molecule has 33 heavy (non-hydrogen) atoms. The zero-order valence-corrected chi connectivity index (χ0v) is 18.8. The largest absolute Gasteiger partial charge is 0.495 e. The van der Waals surface area contributed by atoms with E-state index < -0.39 is 0 Å². The predicted octanol–water partition coefficient (Wildman–Crippen LogP) is 2.26. The number of anilines is 1. The maximum absolute atomic E-state index is 13.0. The number of likely N-dealkylation sites (N-methyl/N-ethyl adjacent to an activating group) is 1. The van der Waals surface area contributed by atoms with Crippen molar-refractivity contribution < 1.29 is 19.1 Å². The molecular formula is C24H27N5O4. The van der Waals surface area contributed by atoms with Gasteiger partial charge in [-0.15, -0.1) is 0 Å². The van der Waals surface area contributed by atoms with Crippen molar-refractivity contribution in [3.63, 3.8) is 0 Å². The van der Waals surface area contributed by atoms with E-state index in [1.165, 1.54) is 0 Å². The van der Waals surface area contributed by atoms with Gasteiger partial charge in [-0.2, -0.15) is 0 Å². The third-order valence-electron chi connectivity index (χ3n) is 5.88. The molecule has 1 aliphatic carbocycles. The number of aldehydes is 1. The molecule has 1 aliphatic heterocycles. The highest BCUT2D eigenvalue weighted by Crippen LogP contribution is 2.30. The molecule has 172 valence electrons. The number of hydrogen-bond donors (Lipinski definition) is 1. The molecule has 2 aromatic rings. The molecule has 0 atom stereocenters. The van der Waals surface area contributed by atoms with Crippen LogP contribution in [-0.2, 0) is 14.4 Å². The van der Waals surface area contributed by atoms with Gasteiger partial charge in [0.25, 0.3) is 5.91 Å². The lowest BCUT2D eigenvalue weighted by molar-refractivity contribution is -0.129. The van der Waals surface area contributed by atoms with Gasteiger partial charge in [0.05, 0.1) is 37.4 Å². The zero-order valence-electron chi connectivity index (χ0n) is 18.8. The monoisotopic (exact) mass is 449 g/mol. The average Bonchev–Trinajstić information content (AvgIpc) is 3.69. The molecule has 2 amide bonds. The summed E-state index contributed by atoms with van der Waals surface area (Å²) in [6.07, 6.45) is 8.83. The first-order valence-corrected chi connectivity index (χ1v) is 11.0. The van der Waals surface area contributed by atoms with Crippen LogP contribution >= 0.6 is 0 Å². The molecule has 0 bridgehead atoms. The van der Waals surface area contributed by atoms with Crippen molar-refractivity contribution in [3.8, 4) is 17.0 Å². The summed E-state index contributed by atoms with van der Waals surface area (Å²) in [5.74, 6) is 0.165. The minimum absolute atomic E-state index is 0.0154. The van der Waals surface area contributed by atoms with Gasteiger partial charge in [-0.05, 0) is 43.9 Å². The fraction of sp³-hybridized carbons (Fsp3) is 0.375. The molecule has 2 aliphatic rings. The van der Waals surface area contributed by atoms with Crippen molar-refractivity contribution in [2.45, 2.75) is 31.7 Å². The molecule has 0 saturated heterocycles. The van der Waals surface area contributed by atoms with Crippen LogP contribution in [0.15, 0.2) is 48.1 Å². The Balaban J connectivity index is 1.43. The third kappa shape index (κ3) is 5.19. The Morgan fingerprint density at radius 3 is 2.76 bits per heavy atom. The first-order valence-electron chi connectivity index (χ1n) is 11.0. The highest BCUT2D eigenvalue weighted by molar-refractivity contribution is 6.00. The normalized spacial score (nSPS) is 15.8. The van der Waals surface area contributed by atoms with E-state index in [4.69, 9.17) is 4.74 Å². The molecule has 1 N–H and O–H groups in total. The number of nitrogens with one attached hydrogen (secondary N) is 1. The van der Waals surface area contributed by atoms with Crippen molar-refractivity contribution in [1.29, 1.82) is 0 Å². The number of carbonyl (C=O) groups is 3. The summed E-state index contributed by atoms with van der Waals surface area (Å²) in [6, 6.07) is 5.60. The highest BCUT2D eigenvalue weighted by Gasteiger charge is 2.35. The van der Waals surface area contributed by atoms with E-state index >= 15 is 0 Å². The van der Waals surface area contributed by atoms with E-state index in [1.807, 2.05) is 6.07 Å². The number of nitrogens with zero attached hydrogens (tertiary/aromatic N) is 4. The maximum Gasteiger partial charge on any atom is 0.270 e. The quantitative estimate of drug-likeness (QED) is 0.617. The Hall–Kier alpha value is -3.75. The topological polar surface area (TPSA) is 105 Å². The summed E-state index contributed by atoms with van der Waals surface area (Å²) in [5.41, 5.74) is 2.85. The number of hydrogen-bond acceptors (Lipinski definition) is 7. The Bertz CT molecular complexity index is 1080. The molecule has 0 unspecified atom stereocenters. The van der Waals surface area contributed by atoms with Crippen LogP contribution in [-0.4, -0.2) is 71.2 Å². The average molecular weight is 450 g/mol. The summed E-state index contributed by atoms with van der Waals surface area (Å²) in [5, 5.41) is 2.83. The van der Waals surface area contributed by atoms with Gasteiger partial charge >= 0.3 is 0 Å². The Kier molecular flexibility index (Phi) is 6.67. The van der Waals surface area contributed by atoms with Gasteiger partial charge in [-0.1, -0.05) is 0 Å². The molecule has 0 radical (unpaired) electrons. The van der Waals surface area contributed by atoms with Crippen molar-refractivity contribution in [2.75, 3.05) is 32.6 Å². The molecule has 0 aromatic carbocycles. The number of carbonyl (C=O) groups excluding carboxylic acids is 3. The van der Waals surface area contributed by atoms with Crippen LogP contribution in [0.3, 0.4) is 0 Å². The van der Waals surface area contributed by atoms with E-state index in [-0.39, 0.29) is 24.4 Å². The number of ether oxygens (including phenoxy) is 1. The zero-order chi connectivity index (χ0) is 23.4. The second-order valence-corrected chi connectivity index (χ2v) is 8.26. The van der Waals surface area contributed by atoms with Gasteiger partial charge in [-0.25, -0.2) is 0 Å². The van der Waals surface area contributed by atoms with Gasteiger partial charge in [0.2, 0.25) is 5.91 Å². The van der Waals surface area contributed by atoms with Gasteiger partial charge in [0, 0.05) is 37.0 Å². The van der Waals surface area contributed by atoms with Gasteiger partial charge in [0.1, 0.15) is 17.7 Å². The van der Waals surface area contributed by atoms with Gasteiger partial charge in [-0.3, -0.25) is 24.4 Å². The van der Waals surface area contributed by atoms with Crippen LogP contribution in [0.5, 0.6) is 5.75 Å². The fourth-order valence-corrected chi connectivity index (χ4v) is 3.92. The van der Waals surface area contributed by atoms with Gasteiger partial charge in [0.15, 0.2) is 0 Å². The minimum Gasteiger partial charge on any atom is -0.495 e. The minimum atomic E-state index is -0.279. The Morgan fingerprint density at radius 1 is 1.27 bits per heavy atom. The van der Waals surface area contributed by atoms with E-state index in [0.29, 0.717) is 41.4 Å². The molecule has 9 heteroatoms. The lowest BCUT2D eigenvalue weighted by Gasteiger charge is -2.33. The van der Waals surface area contributed by atoms with E-state index in [2.05, 4.69) is 15.3 Å². The number of pyridine rings is 2. The van der Waals surface area contributed by atoms with E-state index in [0.717, 1.165) is 31.1 Å². The number of rotatable bonds is 8. The second kappa shape index (κ2) is 9.81. The second-order valence-electron chi connectivity index (χ2n) is 8.26. The standard InChI is InChI=1S/C24H27N5O4/c1-28(19-6-7-19)24(32)23-16(15-30)4-3-9-29(23)14-22(31)27-18-5-8-21(26-12-18)17-10-20(33-2)13-25-11-17/h5,8,10-13,15,19H,3-4,6-7,9,14H2,1-2H3,(H,27,31). The molecule has 3 heterocycles. The van der Waals surface area contributed by atoms with Crippen LogP contribution in [0, 0.1) is 0 Å². The maximum atomic E-state index is 13.0. The molecule has 1 saturated carbocycles. The smallest absolute Gasteiger partial charge is 0.270 e. The molecule has 0 spiro atoms. The van der Waals surface area contributed by atoms with Crippen LogP contribution < -0.4 is 10.1 Å². The summed E-state index contributed by atoms with van der Waals surface area (Å²) in [7, 11) is 3.33. The third-order valence-corrected chi connectivity index (χ3v) is 5.88. The van der Waals surface area contributed by atoms with Crippen molar-refractivity contribution in [1.82, 2.24) is 19.8 Å². The lowest BCUT2D eigenvalue weighted by Crippen LogP contribution is -2.43. The first-order chi connectivity index (χ1) is 16.0. The fourth-order valence-electron chi connectivity index (χ4n) is 3.92. The predicted molar refractivity (Wildman–Crippen MR) is 122 cm³/mol. The Morgan fingerprint density at radius 2 is 2.09 bits per heavy atom. The number of amides is 2. The number of methoxy groups -OCH3 is 1. The molecule has 2 aromatic heterocycles. The van der Waals surface area contributed by atoms with Crippen molar-refractivity contribution >= 4 is 23.8 Å². The number of aromatic nitrogens is 2. The summed E-state index contributed by atoms with van der Waals surface area (Å²) >= 11 is 0. The molecular weight excluding hydrogens is 422 g/mol. The van der Waals surface area contributed by atoms with Crippen LogP contribution in [0.2, 0.25) is 0 Å². The lowest BCUT2D eigenvalue weighted by atomic mass is 10.0. The summed E-state index contributed by atoms with van der Waals surface area (Å²) in [6.45, 7) is 0.531. The summed E-state index contributed by atoms with van der Waals surface area (Å²) < 4.78 is 5.19. The van der Waals surface area contributed by atoms with E-state index in [9.17, 15) is 14.4 Å². The van der Waals surface area contributed by atoms with E-state index in [1.54, 1.807) is 54.7 Å². The first kappa shape index (κ1) is 22.4. The number of allylic oxidation sites excluding steroid dienone is 1. The SMILES string of the molecule is COc1cncc(-c2ccc(NC(=O)CN3CCCC(C=O)=C3C(=O)N(C)C3CC3)cn2)c1. The van der Waals surface area contributed by atoms with Crippen molar-refractivity contribution in [2.24, 2.45) is 0 Å².